The lowest BCUT2D eigenvalue weighted by atomic mass is 10.0. The zero-order chi connectivity index (χ0) is 22.2. The number of esters is 1. The van der Waals surface area contributed by atoms with E-state index in [1.54, 1.807) is 0 Å². The van der Waals surface area contributed by atoms with Crippen molar-refractivity contribution in [1.29, 1.82) is 0 Å². The van der Waals surface area contributed by atoms with Gasteiger partial charge in [-0.3, -0.25) is 9.59 Å². The van der Waals surface area contributed by atoms with Gasteiger partial charge in [-0.1, -0.05) is 54.6 Å². The zero-order valence-electron chi connectivity index (χ0n) is 17.7. The van der Waals surface area contributed by atoms with Gasteiger partial charge in [-0.05, 0) is 28.8 Å². The molecule has 0 bridgehead atoms. The molecule has 0 saturated heterocycles. The van der Waals surface area contributed by atoms with Gasteiger partial charge in [-0.15, -0.1) is 0 Å². The molecule has 6 heteroatoms. The molecule has 0 amide bonds. The lowest BCUT2D eigenvalue weighted by Crippen LogP contribution is -2.16. The Hall–Kier alpha value is -3.80. The van der Waals surface area contributed by atoms with Gasteiger partial charge in [-0.2, -0.15) is 0 Å². The van der Waals surface area contributed by atoms with Gasteiger partial charge in [0.1, 0.15) is 0 Å². The Bertz CT molecular complexity index is 1020. The predicted octanol–water partition coefficient (Wildman–Crippen LogP) is 4.35. The van der Waals surface area contributed by atoms with Crippen molar-refractivity contribution in [3.05, 3.63) is 77.9 Å². The molecular formula is C25H24O6. The summed E-state index contributed by atoms with van der Waals surface area (Å²) in [5, 5.41) is 0. The fourth-order valence-electron chi connectivity index (χ4n) is 3.13. The molecule has 0 aliphatic rings. The first-order valence-corrected chi connectivity index (χ1v) is 9.69. The molecule has 0 fully saturated rings. The summed E-state index contributed by atoms with van der Waals surface area (Å²) < 4.78 is 20.9. The number of hydrogen-bond donors (Lipinski definition) is 0. The van der Waals surface area contributed by atoms with Crippen LogP contribution in [0.15, 0.2) is 66.7 Å². The minimum Gasteiger partial charge on any atom is -0.493 e. The maximum absolute atomic E-state index is 12.5. The number of ether oxygens (including phenoxy) is 4. The number of methoxy groups -OCH3 is 3. The van der Waals surface area contributed by atoms with Gasteiger partial charge in [-0.25, -0.2) is 0 Å². The number of benzene rings is 3. The molecule has 3 aromatic carbocycles. The molecule has 0 atom stereocenters. The van der Waals surface area contributed by atoms with Crippen LogP contribution in [0, 0.1) is 0 Å². The summed E-state index contributed by atoms with van der Waals surface area (Å²) in [7, 11) is 4.42. The second-order valence-corrected chi connectivity index (χ2v) is 6.74. The number of carbonyl (C=O) groups excluding carboxylic acids is 2. The van der Waals surface area contributed by atoms with Crippen LogP contribution in [0.3, 0.4) is 0 Å². The van der Waals surface area contributed by atoms with Gasteiger partial charge >= 0.3 is 5.97 Å². The minimum atomic E-state index is -0.478. The van der Waals surface area contributed by atoms with E-state index in [-0.39, 0.29) is 18.8 Å². The summed E-state index contributed by atoms with van der Waals surface area (Å²) in [6, 6.07) is 20.7. The fraction of sp³-hybridized carbons (Fsp3) is 0.200. The van der Waals surface area contributed by atoms with Crippen LogP contribution < -0.4 is 14.2 Å². The highest BCUT2D eigenvalue weighted by atomic mass is 16.5. The van der Waals surface area contributed by atoms with E-state index in [2.05, 4.69) is 0 Å². The molecule has 31 heavy (non-hydrogen) atoms. The number of ketones is 1. The Balaban J connectivity index is 1.60. The van der Waals surface area contributed by atoms with E-state index >= 15 is 0 Å². The quantitative estimate of drug-likeness (QED) is 0.379. The molecule has 0 aromatic heterocycles. The highest BCUT2D eigenvalue weighted by Gasteiger charge is 2.18. The molecule has 0 saturated carbocycles. The highest BCUT2D eigenvalue weighted by Crippen LogP contribution is 2.38. The molecule has 0 unspecified atom stereocenters. The van der Waals surface area contributed by atoms with E-state index in [9.17, 15) is 9.59 Å². The third kappa shape index (κ3) is 5.42. The second kappa shape index (κ2) is 10.3. The molecule has 0 aliphatic carbocycles. The van der Waals surface area contributed by atoms with Crippen LogP contribution in [-0.4, -0.2) is 39.7 Å². The van der Waals surface area contributed by atoms with E-state index in [0.717, 1.165) is 16.7 Å². The third-order valence-electron chi connectivity index (χ3n) is 4.76. The number of hydrogen-bond acceptors (Lipinski definition) is 6. The van der Waals surface area contributed by atoms with Crippen molar-refractivity contribution in [1.82, 2.24) is 0 Å². The van der Waals surface area contributed by atoms with Gasteiger partial charge in [0.25, 0.3) is 0 Å². The third-order valence-corrected chi connectivity index (χ3v) is 4.76. The summed E-state index contributed by atoms with van der Waals surface area (Å²) in [5.41, 5.74) is 3.28. The van der Waals surface area contributed by atoms with Gasteiger partial charge < -0.3 is 18.9 Å². The van der Waals surface area contributed by atoms with Gasteiger partial charge in [0, 0.05) is 5.56 Å². The van der Waals surface area contributed by atoms with Gasteiger partial charge in [0.2, 0.25) is 11.5 Å². The highest BCUT2D eigenvalue weighted by molar-refractivity contribution is 5.99. The molecule has 3 rings (SSSR count). The maximum Gasteiger partial charge on any atom is 0.310 e. The van der Waals surface area contributed by atoms with Crippen LogP contribution >= 0.6 is 0 Å². The van der Waals surface area contributed by atoms with Crippen LogP contribution in [0.1, 0.15) is 15.9 Å². The van der Waals surface area contributed by atoms with Crippen molar-refractivity contribution in [2.75, 3.05) is 27.9 Å². The normalized spacial score (nSPS) is 10.3. The van der Waals surface area contributed by atoms with Crippen molar-refractivity contribution in [2.45, 2.75) is 6.42 Å². The lowest BCUT2D eigenvalue weighted by Gasteiger charge is -2.13. The van der Waals surface area contributed by atoms with E-state index < -0.39 is 5.97 Å². The molecule has 0 N–H and O–H groups in total. The lowest BCUT2D eigenvalue weighted by molar-refractivity contribution is -0.141. The van der Waals surface area contributed by atoms with Gasteiger partial charge in [0.15, 0.2) is 18.1 Å². The molecule has 0 spiro atoms. The maximum atomic E-state index is 12.5. The fourth-order valence-corrected chi connectivity index (χ4v) is 3.13. The standard InChI is InChI=1S/C25H24O6/c1-28-22-14-20(15-23(29-2)25(22)30-3)21(26)16-31-24(27)13-17-9-11-19(12-10-17)18-7-5-4-6-8-18/h4-12,14-15H,13,16H2,1-3H3. The van der Waals surface area contributed by atoms with Crippen LogP contribution in [0.2, 0.25) is 0 Å². The van der Waals surface area contributed by atoms with E-state index in [0.29, 0.717) is 22.8 Å². The van der Waals surface area contributed by atoms with E-state index in [1.807, 2.05) is 54.6 Å². The molecular weight excluding hydrogens is 396 g/mol. The first kappa shape index (κ1) is 21.9. The Morgan fingerprint density at radius 2 is 1.32 bits per heavy atom. The van der Waals surface area contributed by atoms with E-state index in [4.69, 9.17) is 18.9 Å². The Labute approximate surface area is 181 Å². The summed E-state index contributed by atoms with van der Waals surface area (Å²) in [6.45, 7) is -0.375. The average Bonchev–Trinajstić information content (AvgIpc) is 2.82. The zero-order valence-corrected chi connectivity index (χ0v) is 17.7. The molecule has 6 nitrogen and oxygen atoms in total. The van der Waals surface area contributed by atoms with Gasteiger partial charge in [0.05, 0.1) is 27.8 Å². The van der Waals surface area contributed by atoms with Crippen molar-refractivity contribution in [2.24, 2.45) is 0 Å². The average molecular weight is 420 g/mol. The smallest absolute Gasteiger partial charge is 0.310 e. The summed E-state index contributed by atoms with van der Waals surface area (Å²) in [5.74, 6) is 0.253. The van der Waals surface area contributed by atoms with E-state index in [1.165, 1.54) is 33.5 Å². The Morgan fingerprint density at radius 3 is 1.87 bits per heavy atom. The summed E-state index contributed by atoms with van der Waals surface area (Å²) in [6.07, 6.45) is 0.0810. The SMILES string of the molecule is COc1cc(C(=O)COC(=O)Cc2ccc(-c3ccccc3)cc2)cc(OC)c1OC. The van der Waals surface area contributed by atoms with Crippen LogP contribution in [0.4, 0.5) is 0 Å². The monoisotopic (exact) mass is 420 g/mol. The summed E-state index contributed by atoms with van der Waals surface area (Å²) >= 11 is 0. The Morgan fingerprint density at radius 1 is 0.742 bits per heavy atom. The minimum absolute atomic E-state index is 0.0810. The number of rotatable bonds is 9. The van der Waals surface area contributed by atoms with Crippen LogP contribution in [0.25, 0.3) is 11.1 Å². The van der Waals surface area contributed by atoms with Crippen molar-refractivity contribution in [3.63, 3.8) is 0 Å². The molecule has 0 heterocycles. The molecule has 0 aliphatic heterocycles. The van der Waals surface area contributed by atoms with Crippen molar-refractivity contribution >= 4 is 11.8 Å². The molecule has 3 aromatic rings. The van der Waals surface area contributed by atoms with Crippen LogP contribution in [-0.2, 0) is 16.0 Å². The summed E-state index contributed by atoms with van der Waals surface area (Å²) in [4.78, 5) is 24.7. The molecule has 0 radical (unpaired) electrons. The first-order valence-electron chi connectivity index (χ1n) is 9.69. The molecule has 160 valence electrons. The number of Topliss-reactive ketones (excluding diaryl/α,β-unsaturated/α-hetero) is 1. The predicted molar refractivity (Wildman–Crippen MR) is 117 cm³/mol. The largest absolute Gasteiger partial charge is 0.493 e. The topological polar surface area (TPSA) is 71.1 Å². The number of carbonyl (C=O) groups is 2. The first-order chi connectivity index (χ1) is 15.0. The Kier molecular flexibility index (Phi) is 7.27. The van der Waals surface area contributed by atoms with Crippen molar-refractivity contribution < 1.29 is 28.5 Å². The second-order valence-electron chi connectivity index (χ2n) is 6.74. The van der Waals surface area contributed by atoms with Crippen LogP contribution in [0.5, 0.6) is 17.2 Å². The van der Waals surface area contributed by atoms with Crippen molar-refractivity contribution in [3.8, 4) is 28.4 Å².